The van der Waals surface area contributed by atoms with E-state index in [-0.39, 0.29) is 11.9 Å². The van der Waals surface area contributed by atoms with Crippen LogP contribution in [0.25, 0.3) is 0 Å². The van der Waals surface area contributed by atoms with E-state index < -0.39 is 0 Å². The fourth-order valence-electron chi connectivity index (χ4n) is 2.25. The highest BCUT2D eigenvalue weighted by atomic mass is 32.1. The van der Waals surface area contributed by atoms with Gasteiger partial charge in [-0.15, -0.1) is 22.7 Å². The first kappa shape index (κ1) is 16.7. The van der Waals surface area contributed by atoms with Gasteiger partial charge in [0, 0.05) is 9.75 Å². The zero-order chi connectivity index (χ0) is 16.1. The molecule has 0 bridgehead atoms. The summed E-state index contributed by atoms with van der Waals surface area (Å²) in [5, 5.41) is 5.40. The van der Waals surface area contributed by atoms with Gasteiger partial charge in [0.2, 0.25) is 5.91 Å². The van der Waals surface area contributed by atoms with Gasteiger partial charge in [-0.25, -0.2) is 4.79 Å². The molecule has 0 saturated carbocycles. The molecule has 118 valence electrons. The maximum absolute atomic E-state index is 12.2. The van der Waals surface area contributed by atoms with Gasteiger partial charge in [-0.2, -0.15) is 0 Å². The first-order chi connectivity index (χ1) is 10.6. The van der Waals surface area contributed by atoms with Gasteiger partial charge in [-0.3, -0.25) is 4.79 Å². The maximum Gasteiger partial charge on any atom is 0.341 e. The second-order valence-corrected chi connectivity index (χ2v) is 6.98. The Balaban J connectivity index is 2.22. The number of thiophene rings is 2. The molecule has 4 nitrogen and oxygen atoms in total. The third-order valence-corrected chi connectivity index (χ3v) is 5.15. The Bertz CT molecular complexity index is 659. The van der Waals surface area contributed by atoms with Gasteiger partial charge in [0.1, 0.15) is 5.00 Å². The molecule has 2 aromatic heterocycles. The topological polar surface area (TPSA) is 55.4 Å². The van der Waals surface area contributed by atoms with Gasteiger partial charge >= 0.3 is 5.97 Å². The number of anilines is 1. The Labute approximate surface area is 138 Å². The normalized spacial score (nSPS) is 10.5. The van der Waals surface area contributed by atoms with Crippen molar-refractivity contribution < 1.29 is 14.3 Å². The molecule has 0 unspecified atom stereocenters. The Hall–Kier alpha value is -1.66. The zero-order valence-corrected chi connectivity index (χ0v) is 14.5. The average molecular weight is 337 g/mol. The summed E-state index contributed by atoms with van der Waals surface area (Å²) in [5.74, 6) is -0.480. The van der Waals surface area contributed by atoms with E-state index in [1.54, 1.807) is 18.3 Å². The summed E-state index contributed by atoms with van der Waals surface area (Å²) in [6, 6.07) is 3.84. The SMILES string of the molecule is CCOC(=O)c1c(NC(=O)Cc2cccs2)sc(C)c1CC. The fourth-order valence-corrected chi connectivity index (χ4v) is 4.11. The van der Waals surface area contributed by atoms with Gasteiger partial charge in [0.05, 0.1) is 18.6 Å². The van der Waals surface area contributed by atoms with E-state index in [1.807, 2.05) is 31.4 Å². The number of hydrogen-bond acceptors (Lipinski definition) is 5. The van der Waals surface area contributed by atoms with Crippen molar-refractivity contribution in [1.29, 1.82) is 0 Å². The van der Waals surface area contributed by atoms with Crippen LogP contribution in [-0.4, -0.2) is 18.5 Å². The minimum atomic E-state index is -0.366. The van der Waals surface area contributed by atoms with Crippen molar-refractivity contribution in [3.63, 3.8) is 0 Å². The summed E-state index contributed by atoms with van der Waals surface area (Å²) in [5.41, 5.74) is 1.46. The average Bonchev–Trinajstić information content (AvgIpc) is 3.06. The molecule has 22 heavy (non-hydrogen) atoms. The van der Waals surface area contributed by atoms with Crippen LogP contribution < -0.4 is 5.32 Å². The number of rotatable bonds is 6. The molecule has 1 N–H and O–H groups in total. The Morgan fingerprint density at radius 1 is 1.32 bits per heavy atom. The fraction of sp³-hybridized carbons (Fsp3) is 0.375. The molecule has 0 aliphatic heterocycles. The van der Waals surface area contributed by atoms with Crippen LogP contribution in [0.3, 0.4) is 0 Å². The molecule has 2 aromatic rings. The minimum Gasteiger partial charge on any atom is -0.462 e. The molecule has 0 spiro atoms. The highest BCUT2D eigenvalue weighted by Gasteiger charge is 2.23. The van der Waals surface area contributed by atoms with Crippen LogP contribution in [0.1, 0.15) is 39.5 Å². The lowest BCUT2D eigenvalue weighted by Crippen LogP contribution is -2.16. The Morgan fingerprint density at radius 2 is 2.09 bits per heavy atom. The van der Waals surface area contributed by atoms with Crippen LogP contribution >= 0.6 is 22.7 Å². The van der Waals surface area contributed by atoms with Crippen LogP contribution in [0, 0.1) is 6.92 Å². The monoisotopic (exact) mass is 337 g/mol. The molecular formula is C16H19NO3S2. The molecule has 1 amide bonds. The van der Waals surface area contributed by atoms with Crippen molar-refractivity contribution in [3.05, 3.63) is 38.4 Å². The number of carbonyl (C=O) groups excluding carboxylic acids is 2. The van der Waals surface area contributed by atoms with E-state index in [1.165, 1.54) is 11.3 Å². The number of ether oxygens (including phenoxy) is 1. The van der Waals surface area contributed by atoms with Crippen LogP contribution in [-0.2, 0) is 22.4 Å². The van der Waals surface area contributed by atoms with Gasteiger partial charge < -0.3 is 10.1 Å². The summed E-state index contributed by atoms with van der Waals surface area (Å²) >= 11 is 2.98. The van der Waals surface area contributed by atoms with E-state index in [0.717, 1.165) is 21.7 Å². The van der Waals surface area contributed by atoms with Gasteiger partial charge in [0.15, 0.2) is 0 Å². The van der Waals surface area contributed by atoms with E-state index in [2.05, 4.69) is 5.32 Å². The molecule has 2 rings (SSSR count). The second kappa shape index (κ2) is 7.56. The van der Waals surface area contributed by atoms with Crippen molar-refractivity contribution in [1.82, 2.24) is 0 Å². The van der Waals surface area contributed by atoms with Crippen LogP contribution in [0.15, 0.2) is 17.5 Å². The first-order valence-corrected chi connectivity index (χ1v) is 8.88. The maximum atomic E-state index is 12.2. The highest BCUT2D eigenvalue weighted by Crippen LogP contribution is 2.34. The molecule has 0 aliphatic carbocycles. The second-order valence-electron chi connectivity index (χ2n) is 4.72. The molecular weight excluding hydrogens is 318 g/mol. The summed E-state index contributed by atoms with van der Waals surface area (Å²) in [6.07, 6.45) is 1.05. The lowest BCUT2D eigenvalue weighted by atomic mass is 10.1. The third-order valence-electron chi connectivity index (χ3n) is 3.21. The highest BCUT2D eigenvalue weighted by molar-refractivity contribution is 7.16. The molecule has 0 aromatic carbocycles. The van der Waals surface area contributed by atoms with Crippen LogP contribution in [0.5, 0.6) is 0 Å². The summed E-state index contributed by atoms with van der Waals surface area (Å²) in [7, 11) is 0. The standard InChI is InChI=1S/C16H19NO3S2/c1-4-12-10(3)22-15(14(12)16(19)20-5-2)17-13(18)9-11-7-6-8-21-11/h6-8H,4-5,9H2,1-3H3,(H,17,18). The van der Waals surface area contributed by atoms with Gasteiger partial charge in [-0.1, -0.05) is 13.0 Å². The minimum absolute atomic E-state index is 0.114. The summed E-state index contributed by atoms with van der Waals surface area (Å²) in [6.45, 7) is 6.05. The summed E-state index contributed by atoms with van der Waals surface area (Å²) in [4.78, 5) is 26.4. The van der Waals surface area contributed by atoms with Crippen LogP contribution in [0.2, 0.25) is 0 Å². The largest absolute Gasteiger partial charge is 0.462 e. The first-order valence-electron chi connectivity index (χ1n) is 7.18. The molecule has 0 radical (unpaired) electrons. The third kappa shape index (κ3) is 3.75. The predicted molar refractivity (Wildman–Crippen MR) is 91.0 cm³/mol. The van der Waals surface area contributed by atoms with Gasteiger partial charge in [0.25, 0.3) is 0 Å². The molecule has 2 heterocycles. The smallest absolute Gasteiger partial charge is 0.341 e. The molecule has 0 fully saturated rings. The number of nitrogens with one attached hydrogen (secondary N) is 1. The lowest BCUT2D eigenvalue weighted by molar-refractivity contribution is -0.115. The van der Waals surface area contributed by atoms with Crippen molar-refractivity contribution in [2.75, 3.05) is 11.9 Å². The van der Waals surface area contributed by atoms with E-state index in [4.69, 9.17) is 4.74 Å². The number of hydrogen-bond donors (Lipinski definition) is 1. The Kier molecular flexibility index (Phi) is 5.74. The Morgan fingerprint density at radius 3 is 2.68 bits per heavy atom. The molecule has 0 atom stereocenters. The zero-order valence-electron chi connectivity index (χ0n) is 12.9. The van der Waals surface area contributed by atoms with Crippen molar-refractivity contribution >= 4 is 39.6 Å². The van der Waals surface area contributed by atoms with Crippen molar-refractivity contribution in [2.24, 2.45) is 0 Å². The van der Waals surface area contributed by atoms with E-state index in [0.29, 0.717) is 23.6 Å². The molecule has 6 heteroatoms. The molecule has 0 saturated heterocycles. The quantitative estimate of drug-likeness (QED) is 0.810. The van der Waals surface area contributed by atoms with Crippen molar-refractivity contribution in [3.8, 4) is 0 Å². The van der Waals surface area contributed by atoms with E-state index >= 15 is 0 Å². The predicted octanol–water partition coefficient (Wildman–Crippen LogP) is 4.04. The van der Waals surface area contributed by atoms with E-state index in [9.17, 15) is 9.59 Å². The lowest BCUT2D eigenvalue weighted by Gasteiger charge is -2.07. The number of amides is 1. The number of carbonyl (C=O) groups is 2. The molecule has 0 aliphatic rings. The number of aryl methyl sites for hydroxylation is 1. The van der Waals surface area contributed by atoms with Crippen LogP contribution in [0.4, 0.5) is 5.00 Å². The summed E-state index contributed by atoms with van der Waals surface area (Å²) < 4.78 is 5.13. The van der Waals surface area contributed by atoms with Gasteiger partial charge in [-0.05, 0) is 37.3 Å². The van der Waals surface area contributed by atoms with Crippen molar-refractivity contribution in [2.45, 2.75) is 33.6 Å². The number of esters is 1.